The lowest BCUT2D eigenvalue weighted by Crippen LogP contribution is -2.20. The summed E-state index contributed by atoms with van der Waals surface area (Å²) in [5.41, 5.74) is 0. The lowest BCUT2D eigenvalue weighted by atomic mass is 10.5. The lowest BCUT2D eigenvalue weighted by molar-refractivity contribution is 0.233. The Kier molecular flexibility index (Phi) is 6.78. The van der Waals surface area contributed by atoms with Crippen molar-refractivity contribution in [2.45, 2.75) is 39.0 Å². The Hall–Kier alpha value is 0.237. The summed E-state index contributed by atoms with van der Waals surface area (Å²) in [4.78, 5) is 0. The minimum Gasteiger partial charge on any atom is -0.119 e. The summed E-state index contributed by atoms with van der Waals surface area (Å²) in [6, 6.07) is 1.03. The molecule has 0 aliphatic rings. The molecule has 0 amide bonds. The average Bonchev–Trinajstić information content (AvgIpc) is 1.98. The van der Waals surface area contributed by atoms with Gasteiger partial charge < -0.3 is 0 Å². The molecule has 5 heteroatoms. The van der Waals surface area contributed by atoms with Crippen LogP contribution in [0.25, 0.3) is 0 Å². The largest absolute Gasteiger partial charge is 0.697 e. The maximum Gasteiger partial charge on any atom is 0.697 e. The summed E-state index contributed by atoms with van der Waals surface area (Å²) in [5, 5.41) is 0. The van der Waals surface area contributed by atoms with Crippen LogP contribution in [0.4, 0.5) is 0 Å². The van der Waals surface area contributed by atoms with Crippen LogP contribution in [0.2, 0.25) is 25.7 Å². The fraction of sp³-hybridized carbons (Fsp3) is 1.00. The van der Waals surface area contributed by atoms with Gasteiger partial charge in [0.05, 0.1) is 0 Å². The first-order valence-electron chi connectivity index (χ1n) is 4.69. The van der Waals surface area contributed by atoms with Crippen molar-refractivity contribution in [3.05, 3.63) is 0 Å². The van der Waals surface area contributed by atoms with Gasteiger partial charge in [0.1, 0.15) is 13.2 Å². The average molecular weight is 223 g/mol. The van der Waals surface area contributed by atoms with Crippen LogP contribution in [0.5, 0.6) is 0 Å². The molecule has 0 N–H and O–H groups in total. The fourth-order valence-corrected chi connectivity index (χ4v) is 2.16. The minimum atomic E-state index is -1.87. The summed E-state index contributed by atoms with van der Waals surface area (Å²) in [6.07, 6.45) is 0.873. The van der Waals surface area contributed by atoms with Gasteiger partial charge >= 0.3 is 8.25 Å². The Labute approximate surface area is 82.8 Å². The van der Waals surface area contributed by atoms with Gasteiger partial charge in [-0.3, -0.25) is 0 Å². The first-order chi connectivity index (χ1) is 5.95. The van der Waals surface area contributed by atoms with E-state index in [-0.39, 0.29) is 0 Å². The van der Waals surface area contributed by atoms with Gasteiger partial charge in [-0.1, -0.05) is 26.6 Å². The van der Waals surface area contributed by atoms with E-state index in [4.69, 9.17) is 9.05 Å². The maximum absolute atomic E-state index is 11.0. The zero-order valence-electron chi connectivity index (χ0n) is 9.00. The van der Waals surface area contributed by atoms with Crippen molar-refractivity contribution in [1.29, 1.82) is 0 Å². The topological polar surface area (TPSA) is 35.5 Å². The molecule has 13 heavy (non-hydrogen) atoms. The Morgan fingerprint density at radius 2 is 1.69 bits per heavy atom. The highest BCUT2D eigenvalue weighted by molar-refractivity contribution is 7.33. The molecule has 0 aromatic rings. The van der Waals surface area contributed by atoms with Crippen LogP contribution in [0.15, 0.2) is 0 Å². The second-order valence-electron chi connectivity index (χ2n) is 4.20. The molecule has 1 unspecified atom stereocenters. The molecule has 1 atom stereocenters. The van der Waals surface area contributed by atoms with Gasteiger partial charge in [-0.2, -0.15) is 0 Å². The molecule has 0 aromatic heterocycles. The van der Waals surface area contributed by atoms with E-state index >= 15 is 0 Å². The molecule has 0 saturated carbocycles. The standard InChI is InChI=1S/C8H20O3PSi/c1-5-6-10-12(9)11-7-8-13(2,3)4/h5-8H2,1-4H3/q+1. The zero-order valence-corrected chi connectivity index (χ0v) is 10.9. The highest BCUT2D eigenvalue weighted by Gasteiger charge is 2.21. The molecule has 0 radical (unpaired) electrons. The summed E-state index contributed by atoms with van der Waals surface area (Å²) in [7, 11) is -2.93. The van der Waals surface area contributed by atoms with Crippen LogP contribution < -0.4 is 0 Å². The van der Waals surface area contributed by atoms with Gasteiger partial charge in [-0.15, -0.1) is 9.05 Å². The Balaban J connectivity index is 3.37. The van der Waals surface area contributed by atoms with Crippen LogP contribution >= 0.6 is 8.25 Å². The maximum atomic E-state index is 11.0. The predicted octanol–water partition coefficient (Wildman–Crippen LogP) is 3.43. The van der Waals surface area contributed by atoms with Crippen molar-refractivity contribution in [3.8, 4) is 0 Å². The van der Waals surface area contributed by atoms with E-state index in [1.807, 2.05) is 6.92 Å². The fourth-order valence-electron chi connectivity index (χ4n) is 0.629. The van der Waals surface area contributed by atoms with Gasteiger partial charge in [0.2, 0.25) is 0 Å². The molecule has 3 nitrogen and oxygen atoms in total. The van der Waals surface area contributed by atoms with Gasteiger partial charge in [-0.05, 0) is 12.5 Å². The summed E-state index contributed by atoms with van der Waals surface area (Å²) < 4.78 is 21.0. The molecule has 0 fully saturated rings. The molecule has 78 valence electrons. The van der Waals surface area contributed by atoms with E-state index < -0.39 is 16.3 Å². The van der Waals surface area contributed by atoms with E-state index in [1.54, 1.807) is 0 Å². The van der Waals surface area contributed by atoms with Gasteiger partial charge in [0, 0.05) is 12.6 Å². The quantitative estimate of drug-likeness (QED) is 0.490. The van der Waals surface area contributed by atoms with Crippen molar-refractivity contribution in [2.75, 3.05) is 13.2 Å². The van der Waals surface area contributed by atoms with Crippen LogP contribution in [-0.2, 0) is 13.6 Å². The monoisotopic (exact) mass is 223 g/mol. The van der Waals surface area contributed by atoms with E-state index in [1.165, 1.54) is 0 Å². The van der Waals surface area contributed by atoms with E-state index in [2.05, 4.69) is 19.6 Å². The van der Waals surface area contributed by atoms with Crippen molar-refractivity contribution >= 4 is 16.3 Å². The molecular formula is C8H20O3PSi+. The number of hydrogen-bond donors (Lipinski definition) is 0. The molecule has 0 spiro atoms. The third-order valence-corrected chi connectivity index (χ3v) is 3.94. The molecule has 0 aliphatic heterocycles. The molecule has 0 rings (SSSR count). The first kappa shape index (κ1) is 13.2. The van der Waals surface area contributed by atoms with Crippen molar-refractivity contribution in [3.63, 3.8) is 0 Å². The van der Waals surface area contributed by atoms with E-state index in [0.717, 1.165) is 12.5 Å². The van der Waals surface area contributed by atoms with E-state index in [0.29, 0.717) is 13.2 Å². The second-order valence-corrected chi connectivity index (χ2v) is 10.8. The molecule has 0 aromatic carbocycles. The third kappa shape index (κ3) is 10.2. The van der Waals surface area contributed by atoms with Crippen LogP contribution in [-0.4, -0.2) is 21.3 Å². The van der Waals surface area contributed by atoms with Gasteiger partial charge in [0.25, 0.3) is 0 Å². The van der Waals surface area contributed by atoms with Crippen LogP contribution in [0, 0.1) is 0 Å². The minimum absolute atomic E-state index is 0.516. The number of rotatable bonds is 7. The molecule has 0 bridgehead atoms. The zero-order chi connectivity index (χ0) is 10.3. The highest BCUT2D eigenvalue weighted by atomic mass is 31.1. The summed E-state index contributed by atoms with van der Waals surface area (Å²) >= 11 is 0. The second kappa shape index (κ2) is 6.66. The van der Waals surface area contributed by atoms with Crippen LogP contribution in [0.3, 0.4) is 0 Å². The van der Waals surface area contributed by atoms with Gasteiger partial charge in [-0.25, -0.2) is 0 Å². The molecule has 0 saturated heterocycles. The molecule has 0 aliphatic carbocycles. The van der Waals surface area contributed by atoms with Gasteiger partial charge in [0.15, 0.2) is 0 Å². The summed E-state index contributed by atoms with van der Waals surface area (Å²) in [5.74, 6) is 0. The number of hydrogen-bond acceptors (Lipinski definition) is 3. The highest BCUT2D eigenvalue weighted by Crippen LogP contribution is 2.25. The van der Waals surface area contributed by atoms with Crippen molar-refractivity contribution < 1.29 is 13.6 Å². The SMILES string of the molecule is CCCO[P+](=O)OCC[Si](C)(C)C. The Morgan fingerprint density at radius 1 is 1.15 bits per heavy atom. The Morgan fingerprint density at radius 3 is 2.15 bits per heavy atom. The van der Waals surface area contributed by atoms with Crippen LogP contribution in [0.1, 0.15) is 13.3 Å². The first-order valence-corrected chi connectivity index (χ1v) is 9.49. The lowest BCUT2D eigenvalue weighted by Gasteiger charge is -2.11. The predicted molar refractivity (Wildman–Crippen MR) is 58.0 cm³/mol. The van der Waals surface area contributed by atoms with Crippen molar-refractivity contribution in [1.82, 2.24) is 0 Å². The van der Waals surface area contributed by atoms with E-state index in [9.17, 15) is 4.57 Å². The third-order valence-electron chi connectivity index (χ3n) is 1.45. The smallest absolute Gasteiger partial charge is 0.119 e. The molecule has 0 heterocycles. The molecular weight excluding hydrogens is 203 g/mol. The summed E-state index contributed by atoms with van der Waals surface area (Å²) in [6.45, 7) is 9.84. The Bertz CT molecular complexity index is 156. The normalized spacial score (nSPS) is 13.1. The van der Waals surface area contributed by atoms with Crippen molar-refractivity contribution in [2.24, 2.45) is 0 Å².